The third-order valence-corrected chi connectivity index (χ3v) is 7.25. The van der Waals surface area contributed by atoms with E-state index in [9.17, 15) is 4.79 Å². The van der Waals surface area contributed by atoms with Gasteiger partial charge in [-0.05, 0) is 48.9 Å². The Hall–Kier alpha value is -3.99. The number of methoxy groups -OCH3 is 1. The third kappa shape index (κ3) is 7.53. The number of nitrogens with zero attached hydrogens (tertiary/aromatic N) is 3. The van der Waals surface area contributed by atoms with Gasteiger partial charge in [-0.2, -0.15) is 0 Å². The minimum atomic E-state index is -0.186. The molecule has 1 aliphatic rings. The van der Waals surface area contributed by atoms with Crippen LogP contribution in [0.15, 0.2) is 72.9 Å². The van der Waals surface area contributed by atoms with Crippen LogP contribution in [-0.2, 0) is 4.74 Å². The fourth-order valence-corrected chi connectivity index (χ4v) is 5.01. The molecule has 1 fully saturated rings. The molecule has 3 heterocycles. The predicted molar refractivity (Wildman–Crippen MR) is 153 cm³/mol. The number of carbonyl (C=O) groups excluding carboxylic acids is 1. The molecule has 4 aromatic rings. The maximum absolute atomic E-state index is 12.8. The summed E-state index contributed by atoms with van der Waals surface area (Å²) in [5.74, 6) is 1.76. The highest BCUT2D eigenvalue weighted by molar-refractivity contribution is 7.17. The van der Waals surface area contributed by atoms with E-state index in [1.165, 1.54) is 11.3 Å². The monoisotopic (exact) mass is 545 g/mol. The van der Waals surface area contributed by atoms with Gasteiger partial charge in [-0.15, -0.1) is 11.3 Å². The first-order chi connectivity index (χ1) is 19.2. The van der Waals surface area contributed by atoms with Gasteiger partial charge < -0.3 is 24.8 Å². The summed E-state index contributed by atoms with van der Waals surface area (Å²) in [6.07, 6.45) is 2.66. The van der Waals surface area contributed by atoms with Crippen molar-refractivity contribution in [3.8, 4) is 22.1 Å². The lowest BCUT2D eigenvalue weighted by Crippen LogP contribution is -2.37. The lowest BCUT2D eigenvalue weighted by atomic mass is 10.3. The Balaban J connectivity index is 1.17. The molecule has 0 saturated carbocycles. The smallest absolute Gasteiger partial charge is 0.265 e. The summed E-state index contributed by atoms with van der Waals surface area (Å²) < 4.78 is 16.6. The number of thiophene rings is 1. The van der Waals surface area contributed by atoms with E-state index in [1.54, 1.807) is 25.4 Å². The van der Waals surface area contributed by atoms with Gasteiger partial charge in [0, 0.05) is 49.3 Å². The molecule has 202 valence electrons. The molecule has 39 heavy (non-hydrogen) atoms. The van der Waals surface area contributed by atoms with Crippen LogP contribution in [-0.4, -0.2) is 67.3 Å². The normalized spacial score (nSPS) is 13.6. The van der Waals surface area contributed by atoms with Crippen LogP contribution in [0.25, 0.3) is 10.6 Å². The number of nitrogens with one attached hydrogen (secondary N) is 2. The largest absolute Gasteiger partial charge is 0.497 e. The Morgan fingerprint density at radius 1 is 1.03 bits per heavy atom. The van der Waals surface area contributed by atoms with Crippen LogP contribution < -0.4 is 20.1 Å². The van der Waals surface area contributed by atoms with Crippen molar-refractivity contribution in [3.63, 3.8) is 0 Å². The third-order valence-electron chi connectivity index (χ3n) is 6.15. The molecule has 5 rings (SSSR count). The first kappa shape index (κ1) is 26.6. The number of ether oxygens (including phenoxy) is 3. The minimum Gasteiger partial charge on any atom is -0.497 e. The van der Waals surface area contributed by atoms with Crippen LogP contribution >= 0.6 is 11.3 Å². The lowest BCUT2D eigenvalue weighted by molar-refractivity contribution is 0.0358. The first-order valence-corrected chi connectivity index (χ1v) is 13.7. The van der Waals surface area contributed by atoms with Crippen LogP contribution in [0.2, 0.25) is 0 Å². The van der Waals surface area contributed by atoms with Crippen LogP contribution in [0.3, 0.4) is 0 Å². The Morgan fingerprint density at radius 3 is 2.67 bits per heavy atom. The number of benzene rings is 2. The molecule has 2 N–H and O–H groups in total. The van der Waals surface area contributed by atoms with Gasteiger partial charge in [0.2, 0.25) is 5.95 Å². The number of anilines is 3. The van der Waals surface area contributed by atoms with Crippen molar-refractivity contribution < 1.29 is 19.0 Å². The number of morpholine rings is 1. The quantitative estimate of drug-likeness (QED) is 0.245. The molecule has 2 aromatic heterocycles. The number of aromatic nitrogens is 2. The van der Waals surface area contributed by atoms with E-state index >= 15 is 0 Å². The van der Waals surface area contributed by atoms with E-state index < -0.39 is 0 Å². The average Bonchev–Trinajstić information content (AvgIpc) is 3.47. The number of rotatable bonds is 11. The van der Waals surface area contributed by atoms with Crippen molar-refractivity contribution in [2.45, 2.75) is 6.42 Å². The van der Waals surface area contributed by atoms with Gasteiger partial charge in [-0.3, -0.25) is 9.69 Å². The number of carbonyl (C=O) groups is 1. The summed E-state index contributed by atoms with van der Waals surface area (Å²) >= 11 is 1.37. The summed E-state index contributed by atoms with van der Waals surface area (Å²) in [6.45, 7) is 5.26. The van der Waals surface area contributed by atoms with Gasteiger partial charge in [-0.25, -0.2) is 9.97 Å². The van der Waals surface area contributed by atoms with Crippen molar-refractivity contribution in [2.75, 3.05) is 57.2 Å². The van der Waals surface area contributed by atoms with E-state index in [4.69, 9.17) is 14.2 Å². The zero-order valence-corrected chi connectivity index (χ0v) is 22.6. The van der Waals surface area contributed by atoms with Gasteiger partial charge >= 0.3 is 0 Å². The Kier molecular flexibility index (Phi) is 9.00. The Labute approximate surface area is 231 Å². The van der Waals surface area contributed by atoms with E-state index in [0.717, 1.165) is 61.3 Å². The zero-order chi connectivity index (χ0) is 26.9. The molecule has 2 aromatic carbocycles. The Bertz CT molecular complexity index is 1390. The molecule has 10 heteroatoms. The fourth-order valence-electron chi connectivity index (χ4n) is 4.14. The van der Waals surface area contributed by atoms with Gasteiger partial charge in [0.15, 0.2) is 0 Å². The maximum atomic E-state index is 12.8. The van der Waals surface area contributed by atoms with E-state index in [0.29, 0.717) is 28.9 Å². The summed E-state index contributed by atoms with van der Waals surface area (Å²) in [5.41, 5.74) is 2.24. The van der Waals surface area contributed by atoms with Crippen LogP contribution in [0.1, 0.15) is 16.1 Å². The second-order valence-corrected chi connectivity index (χ2v) is 10.0. The summed E-state index contributed by atoms with van der Waals surface area (Å²) in [7, 11) is 1.59. The number of hydrogen-bond donors (Lipinski definition) is 2. The second-order valence-electron chi connectivity index (χ2n) is 8.92. The number of amides is 1. The van der Waals surface area contributed by atoms with Gasteiger partial charge in [0.25, 0.3) is 5.91 Å². The summed E-state index contributed by atoms with van der Waals surface area (Å²) in [4.78, 5) is 25.6. The van der Waals surface area contributed by atoms with E-state index in [2.05, 4.69) is 25.5 Å². The van der Waals surface area contributed by atoms with Crippen LogP contribution in [0.5, 0.6) is 11.5 Å². The highest BCUT2D eigenvalue weighted by Crippen LogP contribution is 2.29. The van der Waals surface area contributed by atoms with Crippen molar-refractivity contribution in [3.05, 3.63) is 77.8 Å². The maximum Gasteiger partial charge on any atom is 0.265 e. The van der Waals surface area contributed by atoms with Gasteiger partial charge in [-0.1, -0.05) is 12.1 Å². The lowest BCUT2D eigenvalue weighted by Gasteiger charge is -2.26. The topological polar surface area (TPSA) is 97.8 Å². The van der Waals surface area contributed by atoms with Crippen LogP contribution in [0.4, 0.5) is 17.3 Å². The van der Waals surface area contributed by atoms with E-state index in [-0.39, 0.29) is 5.91 Å². The number of hydrogen-bond acceptors (Lipinski definition) is 9. The molecule has 9 nitrogen and oxygen atoms in total. The molecule has 0 spiro atoms. The van der Waals surface area contributed by atoms with Crippen molar-refractivity contribution in [1.82, 2.24) is 14.9 Å². The molecule has 0 unspecified atom stereocenters. The van der Waals surface area contributed by atoms with Crippen molar-refractivity contribution >= 4 is 34.6 Å². The molecule has 0 radical (unpaired) electrons. The van der Waals surface area contributed by atoms with E-state index in [1.807, 2.05) is 54.6 Å². The highest BCUT2D eigenvalue weighted by Gasteiger charge is 2.13. The molecule has 1 amide bonds. The Morgan fingerprint density at radius 2 is 1.82 bits per heavy atom. The molecule has 1 aliphatic heterocycles. The molecule has 1 saturated heterocycles. The standard InChI is InChI=1S/C29H31N5O4S/c1-36-23-7-2-5-21(19-23)31-28(35)27-10-9-26(39-27)25-11-12-30-29(33-25)32-22-6-3-8-24(20-22)38-16-4-13-34-14-17-37-18-15-34/h2-3,5-12,19-20H,4,13-18H2,1H3,(H,31,35)(H,30,32,33). The zero-order valence-electron chi connectivity index (χ0n) is 21.8. The molecule has 0 aliphatic carbocycles. The van der Waals surface area contributed by atoms with Gasteiger partial charge in [0.1, 0.15) is 11.5 Å². The summed E-state index contributed by atoms with van der Waals surface area (Å²) in [5, 5.41) is 6.17. The van der Waals surface area contributed by atoms with Gasteiger partial charge in [0.05, 0.1) is 42.4 Å². The average molecular weight is 546 g/mol. The SMILES string of the molecule is COc1cccc(NC(=O)c2ccc(-c3ccnc(Nc4cccc(OCCCN5CCOCC5)c4)n3)s2)c1. The van der Waals surface area contributed by atoms with Crippen molar-refractivity contribution in [1.29, 1.82) is 0 Å². The molecular formula is C29H31N5O4S. The highest BCUT2D eigenvalue weighted by atomic mass is 32.1. The fraction of sp³-hybridized carbons (Fsp3) is 0.276. The second kappa shape index (κ2) is 13.2. The summed E-state index contributed by atoms with van der Waals surface area (Å²) in [6, 6.07) is 20.6. The van der Waals surface area contributed by atoms with Crippen molar-refractivity contribution in [2.24, 2.45) is 0 Å². The predicted octanol–water partition coefficient (Wildman–Crippen LogP) is 5.31. The van der Waals surface area contributed by atoms with Crippen LogP contribution in [0, 0.1) is 0 Å². The minimum absolute atomic E-state index is 0.186. The molecule has 0 atom stereocenters. The first-order valence-electron chi connectivity index (χ1n) is 12.8. The molecular weight excluding hydrogens is 514 g/mol. The molecule has 0 bridgehead atoms.